The van der Waals surface area contributed by atoms with Gasteiger partial charge in [0.05, 0.1) is 0 Å². The zero-order valence-corrected chi connectivity index (χ0v) is 12.8. The van der Waals surface area contributed by atoms with Gasteiger partial charge in [-0.1, -0.05) is 18.7 Å². The van der Waals surface area contributed by atoms with E-state index in [1.54, 1.807) is 6.20 Å². The maximum atomic E-state index is 3.95. The minimum atomic E-state index is 0.465. The Morgan fingerprint density at radius 2 is 1.57 bits per heavy atom. The van der Waals surface area contributed by atoms with E-state index >= 15 is 0 Å². The molecule has 4 bridgehead atoms. The van der Waals surface area contributed by atoms with Crippen molar-refractivity contribution in [3.8, 4) is 0 Å². The van der Waals surface area contributed by atoms with Crippen molar-refractivity contribution in [3.05, 3.63) is 42.6 Å². The maximum Gasteiger partial charge on any atom is 0.0379 e. The van der Waals surface area contributed by atoms with Crippen LogP contribution in [0, 0.1) is 17.8 Å². The van der Waals surface area contributed by atoms with Gasteiger partial charge in [-0.2, -0.15) is 0 Å². The monoisotopic (exact) mass is 282 g/mol. The maximum absolute atomic E-state index is 3.95. The largest absolute Gasteiger partial charge is 0.362 e. The Morgan fingerprint density at radius 3 is 2.10 bits per heavy atom. The van der Waals surface area contributed by atoms with E-state index in [-0.39, 0.29) is 0 Å². The van der Waals surface area contributed by atoms with Gasteiger partial charge in [0, 0.05) is 17.8 Å². The molecule has 2 N–H and O–H groups in total. The summed E-state index contributed by atoms with van der Waals surface area (Å²) in [7, 11) is 0. The molecule has 112 valence electrons. The van der Waals surface area contributed by atoms with Crippen LogP contribution >= 0.6 is 0 Å². The first-order valence-corrected chi connectivity index (χ1v) is 8.46. The average Bonchev–Trinajstić information content (AvgIpc) is 2.46. The Bertz CT molecular complexity index is 482. The number of rotatable bonds is 5. The zero-order valence-electron chi connectivity index (χ0n) is 12.8. The van der Waals surface area contributed by atoms with Gasteiger partial charge in [-0.25, -0.2) is 0 Å². The van der Waals surface area contributed by atoms with E-state index in [0.717, 1.165) is 30.0 Å². The second-order valence-electron chi connectivity index (χ2n) is 7.60. The fraction of sp³-hybridized carbons (Fsp3) is 0.579. The molecular formula is C19H26N2. The summed E-state index contributed by atoms with van der Waals surface area (Å²) in [6.07, 6.45) is 10.6. The van der Waals surface area contributed by atoms with Crippen LogP contribution in [0.15, 0.2) is 37.0 Å². The third kappa shape index (κ3) is 2.62. The topological polar surface area (TPSA) is 24.1 Å². The minimum absolute atomic E-state index is 0.465. The summed E-state index contributed by atoms with van der Waals surface area (Å²) in [5.74, 6) is 3.05. The highest BCUT2D eigenvalue weighted by Crippen LogP contribution is 2.55. The highest BCUT2D eigenvalue weighted by Gasteiger charge is 2.50. The summed E-state index contributed by atoms with van der Waals surface area (Å²) in [5, 5.41) is 7.08. The predicted molar refractivity (Wildman–Crippen MR) is 88.0 cm³/mol. The molecule has 4 saturated carbocycles. The molecule has 0 amide bonds. The van der Waals surface area contributed by atoms with Crippen LogP contribution in [-0.4, -0.2) is 5.54 Å². The lowest BCUT2D eigenvalue weighted by Gasteiger charge is -2.57. The molecule has 21 heavy (non-hydrogen) atoms. The van der Waals surface area contributed by atoms with E-state index in [9.17, 15) is 0 Å². The lowest BCUT2D eigenvalue weighted by Crippen LogP contribution is -2.58. The van der Waals surface area contributed by atoms with Gasteiger partial charge in [0.25, 0.3) is 0 Å². The molecule has 4 aliphatic carbocycles. The van der Waals surface area contributed by atoms with Gasteiger partial charge < -0.3 is 10.6 Å². The molecule has 0 unspecified atom stereocenters. The van der Waals surface area contributed by atoms with Crippen molar-refractivity contribution >= 4 is 5.69 Å². The van der Waals surface area contributed by atoms with Crippen molar-refractivity contribution in [1.29, 1.82) is 0 Å². The summed E-state index contributed by atoms with van der Waals surface area (Å²) in [6.45, 7) is 4.71. The van der Waals surface area contributed by atoms with Gasteiger partial charge in [-0.05, 0) is 80.2 Å². The first-order chi connectivity index (χ1) is 10.2. The molecule has 2 heteroatoms. The van der Waals surface area contributed by atoms with Crippen molar-refractivity contribution < 1.29 is 0 Å². The van der Waals surface area contributed by atoms with Crippen molar-refractivity contribution in [1.82, 2.24) is 5.32 Å². The summed E-state index contributed by atoms with van der Waals surface area (Å²) < 4.78 is 0. The van der Waals surface area contributed by atoms with Crippen LogP contribution in [0.5, 0.6) is 0 Å². The van der Waals surface area contributed by atoms with E-state index < -0.39 is 0 Å². The molecule has 0 atom stereocenters. The Kier molecular flexibility index (Phi) is 3.30. The number of nitrogens with one attached hydrogen (secondary N) is 2. The first-order valence-electron chi connectivity index (χ1n) is 8.46. The predicted octanol–water partition coefficient (Wildman–Crippen LogP) is 4.30. The van der Waals surface area contributed by atoms with Gasteiger partial charge >= 0.3 is 0 Å². The summed E-state index contributed by atoms with van der Waals surface area (Å²) in [4.78, 5) is 0. The average molecular weight is 282 g/mol. The summed E-state index contributed by atoms with van der Waals surface area (Å²) in [6, 6.07) is 8.72. The molecule has 4 fully saturated rings. The smallest absolute Gasteiger partial charge is 0.0379 e. The van der Waals surface area contributed by atoms with Crippen molar-refractivity contribution in [3.63, 3.8) is 0 Å². The Balaban J connectivity index is 1.41. The Morgan fingerprint density at radius 1 is 1.00 bits per heavy atom. The quantitative estimate of drug-likeness (QED) is 0.841. The number of benzene rings is 1. The van der Waals surface area contributed by atoms with Gasteiger partial charge in [0.2, 0.25) is 0 Å². The molecule has 0 heterocycles. The van der Waals surface area contributed by atoms with Gasteiger partial charge in [0.1, 0.15) is 0 Å². The fourth-order valence-electron chi connectivity index (χ4n) is 5.45. The standard InChI is InChI=1S/C19H26N2/c1-2-20-18-5-3-14(4-6-18)13-21-19-10-15-7-16(11-19)9-17(8-15)12-19/h2-6,15-17,20-21H,1,7-13H2. The Labute approximate surface area is 128 Å². The van der Waals surface area contributed by atoms with E-state index in [4.69, 9.17) is 0 Å². The SMILES string of the molecule is C=CNc1ccc(CNC23CC4CC(CC(C4)C2)C3)cc1. The zero-order chi connectivity index (χ0) is 14.3. The number of hydrogen-bond acceptors (Lipinski definition) is 2. The van der Waals surface area contributed by atoms with Crippen molar-refractivity contribution in [2.24, 2.45) is 17.8 Å². The molecule has 1 aromatic rings. The molecule has 1 aromatic carbocycles. The molecule has 5 rings (SSSR count). The molecular weight excluding hydrogens is 256 g/mol. The normalized spacial score (nSPS) is 36.7. The molecule has 0 spiro atoms. The molecule has 0 aromatic heterocycles. The van der Waals surface area contributed by atoms with E-state index in [1.807, 2.05) is 0 Å². The molecule has 2 nitrogen and oxygen atoms in total. The minimum Gasteiger partial charge on any atom is -0.362 e. The van der Waals surface area contributed by atoms with Crippen LogP contribution in [0.4, 0.5) is 5.69 Å². The number of anilines is 1. The molecule has 0 radical (unpaired) electrons. The first kappa shape index (κ1) is 13.4. The molecule has 4 aliphatic rings. The fourth-order valence-corrected chi connectivity index (χ4v) is 5.45. The number of hydrogen-bond donors (Lipinski definition) is 2. The van der Waals surface area contributed by atoms with Crippen LogP contribution in [0.25, 0.3) is 0 Å². The second kappa shape index (κ2) is 5.17. The van der Waals surface area contributed by atoms with Crippen LogP contribution in [0.1, 0.15) is 44.1 Å². The van der Waals surface area contributed by atoms with Crippen molar-refractivity contribution in [2.75, 3.05) is 5.32 Å². The summed E-state index contributed by atoms with van der Waals surface area (Å²) in [5.41, 5.74) is 2.97. The summed E-state index contributed by atoms with van der Waals surface area (Å²) >= 11 is 0. The van der Waals surface area contributed by atoms with Crippen LogP contribution in [-0.2, 0) is 6.54 Å². The van der Waals surface area contributed by atoms with Crippen LogP contribution < -0.4 is 10.6 Å². The lowest BCUT2D eigenvalue weighted by molar-refractivity contribution is -0.0206. The molecule has 0 aliphatic heterocycles. The highest BCUT2D eigenvalue weighted by molar-refractivity contribution is 5.46. The highest BCUT2D eigenvalue weighted by atomic mass is 15.0. The Hall–Kier alpha value is -1.28. The van der Waals surface area contributed by atoms with E-state index in [2.05, 4.69) is 41.5 Å². The van der Waals surface area contributed by atoms with Gasteiger partial charge in [-0.3, -0.25) is 0 Å². The van der Waals surface area contributed by atoms with Crippen LogP contribution in [0.2, 0.25) is 0 Å². The molecule has 0 saturated heterocycles. The lowest BCUT2D eigenvalue weighted by atomic mass is 9.53. The van der Waals surface area contributed by atoms with Crippen molar-refractivity contribution in [2.45, 2.75) is 50.6 Å². The van der Waals surface area contributed by atoms with Gasteiger partial charge in [-0.15, -0.1) is 0 Å². The second-order valence-corrected chi connectivity index (χ2v) is 7.60. The third-order valence-electron chi connectivity index (χ3n) is 5.93. The van der Waals surface area contributed by atoms with Crippen LogP contribution in [0.3, 0.4) is 0 Å². The van der Waals surface area contributed by atoms with Gasteiger partial charge in [0.15, 0.2) is 0 Å². The third-order valence-corrected chi connectivity index (χ3v) is 5.93. The van der Waals surface area contributed by atoms with E-state index in [0.29, 0.717) is 5.54 Å². The van der Waals surface area contributed by atoms with E-state index in [1.165, 1.54) is 44.1 Å².